The number of para-hydroxylation sites is 1. The first-order chi connectivity index (χ1) is 10.2. The molecule has 2 nitrogen and oxygen atoms in total. The van der Waals surface area contributed by atoms with Gasteiger partial charge in [0.2, 0.25) is 0 Å². The summed E-state index contributed by atoms with van der Waals surface area (Å²) in [4.78, 5) is 0. The molecular formula is C19H25NO. The van der Waals surface area contributed by atoms with Gasteiger partial charge in [-0.3, -0.25) is 0 Å². The molecule has 1 unspecified atom stereocenters. The van der Waals surface area contributed by atoms with E-state index in [1.807, 2.05) is 24.3 Å². The molecule has 21 heavy (non-hydrogen) atoms. The number of rotatable bonds is 7. The van der Waals surface area contributed by atoms with Gasteiger partial charge in [0, 0.05) is 6.04 Å². The Kier molecular flexibility index (Phi) is 5.82. The molecule has 0 aliphatic heterocycles. The topological polar surface area (TPSA) is 21.3 Å². The predicted molar refractivity (Wildman–Crippen MR) is 89.0 cm³/mol. The van der Waals surface area contributed by atoms with Crippen molar-refractivity contribution in [2.24, 2.45) is 0 Å². The third-order valence-corrected chi connectivity index (χ3v) is 3.63. The summed E-state index contributed by atoms with van der Waals surface area (Å²) < 4.78 is 6.02. The molecular weight excluding hydrogens is 258 g/mol. The first kappa shape index (κ1) is 15.6. The van der Waals surface area contributed by atoms with Gasteiger partial charge in [0.25, 0.3) is 0 Å². The Hall–Kier alpha value is -1.80. The van der Waals surface area contributed by atoms with Gasteiger partial charge in [-0.1, -0.05) is 44.2 Å². The second kappa shape index (κ2) is 7.84. The Morgan fingerprint density at radius 1 is 1.05 bits per heavy atom. The monoisotopic (exact) mass is 283 g/mol. The van der Waals surface area contributed by atoms with Crippen LogP contribution < -0.4 is 10.1 Å². The molecule has 1 atom stereocenters. The molecule has 0 amide bonds. The van der Waals surface area contributed by atoms with E-state index in [0.29, 0.717) is 6.04 Å². The van der Waals surface area contributed by atoms with Crippen molar-refractivity contribution in [3.63, 3.8) is 0 Å². The molecule has 0 radical (unpaired) electrons. The van der Waals surface area contributed by atoms with Crippen molar-refractivity contribution in [2.45, 2.75) is 39.7 Å². The van der Waals surface area contributed by atoms with Crippen LogP contribution in [0.1, 0.15) is 43.9 Å². The smallest absolute Gasteiger partial charge is 0.130 e. The third-order valence-electron chi connectivity index (χ3n) is 3.63. The van der Waals surface area contributed by atoms with E-state index >= 15 is 0 Å². The van der Waals surface area contributed by atoms with Crippen molar-refractivity contribution in [2.75, 3.05) is 6.54 Å². The van der Waals surface area contributed by atoms with Gasteiger partial charge in [0.05, 0.1) is 0 Å². The molecule has 2 rings (SSSR count). The Morgan fingerprint density at radius 3 is 2.57 bits per heavy atom. The lowest BCUT2D eigenvalue weighted by molar-refractivity contribution is 0.473. The Morgan fingerprint density at radius 2 is 1.86 bits per heavy atom. The Labute approximate surface area is 128 Å². The largest absolute Gasteiger partial charge is 0.457 e. The Bertz CT molecular complexity index is 565. The first-order valence-corrected chi connectivity index (χ1v) is 7.81. The van der Waals surface area contributed by atoms with E-state index in [0.717, 1.165) is 36.4 Å². The second-order valence-electron chi connectivity index (χ2n) is 5.36. The summed E-state index contributed by atoms with van der Waals surface area (Å²) >= 11 is 0. The minimum atomic E-state index is 0.394. The molecule has 0 aliphatic rings. The highest BCUT2D eigenvalue weighted by Gasteiger charge is 2.09. The van der Waals surface area contributed by atoms with Crippen LogP contribution in [0.3, 0.4) is 0 Å². The van der Waals surface area contributed by atoms with Crippen molar-refractivity contribution in [3.8, 4) is 11.5 Å². The summed E-state index contributed by atoms with van der Waals surface area (Å²) in [6.45, 7) is 7.51. The highest BCUT2D eigenvalue weighted by atomic mass is 16.5. The van der Waals surface area contributed by atoms with E-state index < -0.39 is 0 Å². The zero-order chi connectivity index (χ0) is 15.1. The van der Waals surface area contributed by atoms with Crippen molar-refractivity contribution >= 4 is 0 Å². The maximum Gasteiger partial charge on any atom is 0.130 e. The fourth-order valence-corrected chi connectivity index (χ4v) is 2.41. The van der Waals surface area contributed by atoms with Crippen LogP contribution >= 0.6 is 0 Å². The summed E-state index contributed by atoms with van der Waals surface area (Å²) in [5, 5.41) is 3.58. The second-order valence-corrected chi connectivity index (χ2v) is 5.36. The van der Waals surface area contributed by atoms with Gasteiger partial charge < -0.3 is 10.1 Å². The third kappa shape index (κ3) is 4.33. The average Bonchev–Trinajstić information content (AvgIpc) is 2.51. The average molecular weight is 283 g/mol. The molecule has 0 aromatic heterocycles. The molecule has 0 fully saturated rings. The van der Waals surface area contributed by atoms with E-state index in [2.05, 4.69) is 50.4 Å². The molecule has 0 bridgehead atoms. The van der Waals surface area contributed by atoms with E-state index in [1.165, 1.54) is 5.56 Å². The maximum atomic E-state index is 6.02. The number of benzene rings is 2. The minimum Gasteiger partial charge on any atom is -0.457 e. The van der Waals surface area contributed by atoms with Crippen LogP contribution in [0, 0.1) is 6.92 Å². The van der Waals surface area contributed by atoms with Gasteiger partial charge >= 0.3 is 0 Å². The van der Waals surface area contributed by atoms with E-state index in [4.69, 9.17) is 4.74 Å². The molecule has 0 aliphatic carbocycles. The van der Waals surface area contributed by atoms with Crippen molar-refractivity contribution in [3.05, 3.63) is 59.7 Å². The number of aryl methyl sites for hydroxylation is 1. The van der Waals surface area contributed by atoms with Crippen LogP contribution in [0.4, 0.5) is 0 Å². The van der Waals surface area contributed by atoms with Gasteiger partial charge in [-0.15, -0.1) is 0 Å². The van der Waals surface area contributed by atoms with Crippen molar-refractivity contribution < 1.29 is 4.74 Å². The lowest BCUT2D eigenvalue weighted by Crippen LogP contribution is -2.21. The van der Waals surface area contributed by atoms with Gasteiger partial charge in [-0.25, -0.2) is 0 Å². The summed E-state index contributed by atoms with van der Waals surface area (Å²) in [5.41, 5.74) is 2.44. The normalized spacial score (nSPS) is 12.1. The van der Waals surface area contributed by atoms with Gasteiger partial charge in [-0.2, -0.15) is 0 Å². The van der Waals surface area contributed by atoms with Gasteiger partial charge in [0.15, 0.2) is 0 Å². The Balaban J connectivity index is 2.15. The van der Waals surface area contributed by atoms with Crippen LogP contribution in [0.25, 0.3) is 0 Å². The van der Waals surface area contributed by atoms with Crippen LogP contribution in [0.15, 0.2) is 48.5 Å². The van der Waals surface area contributed by atoms with Crippen LogP contribution in [0.2, 0.25) is 0 Å². The zero-order valence-electron chi connectivity index (χ0n) is 13.2. The van der Waals surface area contributed by atoms with Crippen molar-refractivity contribution in [1.29, 1.82) is 0 Å². The molecule has 0 saturated heterocycles. The lowest BCUT2D eigenvalue weighted by atomic mass is 10.0. The van der Waals surface area contributed by atoms with Crippen LogP contribution in [0.5, 0.6) is 11.5 Å². The molecule has 2 aromatic rings. The summed E-state index contributed by atoms with van der Waals surface area (Å²) in [5.74, 6) is 1.82. The van der Waals surface area contributed by atoms with E-state index in [9.17, 15) is 0 Å². The first-order valence-electron chi connectivity index (χ1n) is 7.81. The molecule has 112 valence electrons. The fraction of sp³-hybridized carbons (Fsp3) is 0.368. The minimum absolute atomic E-state index is 0.394. The van der Waals surface area contributed by atoms with E-state index in [-0.39, 0.29) is 0 Å². The van der Waals surface area contributed by atoms with Crippen molar-refractivity contribution in [1.82, 2.24) is 5.32 Å². The highest BCUT2D eigenvalue weighted by Crippen LogP contribution is 2.27. The molecule has 0 heterocycles. The fourth-order valence-electron chi connectivity index (χ4n) is 2.41. The van der Waals surface area contributed by atoms with E-state index in [1.54, 1.807) is 0 Å². The summed E-state index contributed by atoms with van der Waals surface area (Å²) in [6.07, 6.45) is 2.23. The molecule has 0 saturated carbocycles. The molecule has 0 spiro atoms. The highest BCUT2D eigenvalue weighted by molar-refractivity contribution is 5.38. The van der Waals surface area contributed by atoms with Gasteiger partial charge in [-0.05, 0) is 55.6 Å². The molecule has 1 N–H and O–H groups in total. The molecule has 2 aromatic carbocycles. The number of hydrogen-bond acceptors (Lipinski definition) is 2. The predicted octanol–water partition coefficient (Wildman–Crippen LogP) is 5.24. The number of ether oxygens (including phenoxy) is 1. The SMILES string of the molecule is CCCNC(CC)c1cccc(Oc2ccccc2C)c1. The summed E-state index contributed by atoms with van der Waals surface area (Å²) in [7, 11) is 0. The molecule has 2 heteroatoms. The zero-order valence-corrected chi connectivity index (χ0v) is 13.2. The quantitative estimate of drug-likeness (QED) is 0.750. The number of hydrogen-bond donors (Lipinski definition) is 1. The van der Waals surface area contributed by atoms with Crippen LogP contribution in [-0.4, -0.2) is 6.54 Å². The lowest BCUT2D eigenvalue weighted by Gasteiger charge is -2.18. The van der Waals surface area contributed by atoms with Crippen LogP contribution in [-0.2, 0) is 0 Å². The number of nitrogens with one attached hydrogen (secondary N) is 1. The van der Waals surface area contributed by atoms with Gasteiger partial charge in [0.1, 0.15) is 11.5 Å². The standard InChI is InChI=1S/C19H25NO/c1-4-13-20-18(5-2)16-10-8-11-17(14-16)21-19-12-7-6-9-15(19)3/h6-12,14,18,20H,4-5,13H2,1-3H3. The summed E-state index contributed by atoms with van der Waals surface area (Å²) in [6, 6.07) is 16.9. The maximum absolute atomic E-state index is 6.02.